The first kappa shape index (κ1) is 31.6. The fourth-order valence-corrected chi connectivity index (χ4v) is 6.09. The summed E-state index contributed by atoms with van der Waals surface area (Å²) in [5.41, 5.74) is 9.16. The second-order valence-corrected chi connectivity index (χ2v) is 15.1. The number of phenols is 3. The summed E-state index contributed by atoms with van der Waals surface area (Å²) < 4.78 is 0. The van der Waals surface area contributed by atoms with E-state index in [4.69, 9.17) is 0 Å². The van der Waals surface area contributed by atoms with Gasteiger partial charge < -0.3 is 15.3 Å². The number of rotatable bonds is 5. The van der Waals surface area contributed by atoms with Crippen molar-refractivity contribution in [3.05, 3.63) is 86.5 Å². The van der Waals surface area contributed by atoms with Crippen molar-refractivity contribution in [2.45, 2.75) is 125 Å². The molecule has 2 atom stereocenters. The summed E-state index contributed by atoms with van der Waals surface area (Å²) in [6, 6.07) is 12.4. The molecule has 0 heterocycles. The number of hydrogen-bond donors (Lipinski definition) is 3. The molecule has 0 radical (unpaired) electrons. The minimum absolute atomic E-state index is 0.0384. The molecular weight excluding hydrogens is 492 g/mol. The molecule has 3 aromatic rings. The molecule has 3 rings (SSSR count). The Bertz CT molecular complexity index is 1390. The van der Waals surface area contributed by atoms with E-state index in [-0.39, 0.29) is 28.1 Å². The molecule has 3 heteroatoms. The van der Waals surface area contributed by atoms with Crippen LogP contribution in [0.1, 0.15) is 138 Å². The molecule has 3 N–H and O–H groups in total. The molecule has 0 aromatic heterocycles. The Morgan fingerprint density at radius 1 is 0.500 bits per heavy atom. The van der Waals surface area contributed by atoms with E-state index in [2.05, 4.69) is 101 Å². The molecule has 40 heavy (non-hydrogen) atoms. The van der Waals surface area contributed by atoms with Crippen molar-refractivity contribution < 1.29 is 15.3 Å². The average molecular weight is 545 g/mol. The van der Waals surface area contributed by atoms with Crippen LogP contribution in [-0.4, -0.2) is 15.3 Å². The quantitative estimate of drug-likeness (QED) is 0.299. The number of hydrogen-bond acceptors (Lipinski definition) is 3. The fraction of sp³-hybridized carbons (Fsp3) is 0.514. The summed E-state index contributed by atoms with van der Waals surface area (Å²) in [4.78, 5) is 0. The van der Waals surface area contributed by atoms with Crippen LogP contribution in [-0.2, 0) is 16.2 Å². The van der Waals surface area contributed by atoms with Crippen molar-refractivity contribution in [2.75, 3.05) is 0 Å². The Hall–Kier alpha value is -2.94. The van der Waals surface area contributed by atoms with Gasteiger partial charge in [0.2, 0.25) is 0 Å². The molecule has 218 valence electrons. The summed E-state index contributed by atoms with van der Waals surface area (Å²) in [7, 11) is 0. The largest absolute Gasteiger partial charge is 0.508 e. The van der Waals surface area contributed by atoms with Crippen LogP contribution in [0.4, 0.5) is 0 Å². The maximum absolute atomic E-state index is 10.9. The van der Waals surface area contributed by atoms with E-state index in [1.807, 2.05) is 25.1 Å². The van der Waals surface area contributed by atoms with E-state index >= 15 is 0 Å². The monoisotopic (exact) mass is 544 g/mol. The van der Waals surface area contributed by atoms with Crippen LogP contribution in [0.3, 0.4) is 0 Å². The average Bonchev–Trinajstić information content (AvgIpc) is 2.77. The van der Waals surface area contributed by atoms with Gasteiger partial charge in [0.1, 0.15) is 17.2 Å². The smallest absolute Gasteiger partial charge is 0.119 e. The summed E-state index contributed by atoms with van der Waals surface area (Å²) in [6.45, 7) is 27.8. The maximum atomic E-state index is 10.9. The van der Waals surface area contributed by atoms with Crippen molar-refractivity contribution in [2.24, 2.45) is 0 Å². The highest BCUT2D eigenvalue weighted by Gasteiger charge is 2.31. The molecule has 3 nitrogen and oxygen atoms in total. The Morgan fingerprint density at radius 2 is 0.925 bits per heavy atom. The first-order chi connectivity index (χ1) is 18.1. The molecule has 0 amide bonds. The molecule has 0 bridgehead atoms. The summed E-state index contributed by atoms with van der Waals surface area (Å²) in [5, 5.41) is 32.5. The van der Waals surface area contributed by atoms with Crippen molar-refractivity contribution in [3.63, 3.8) is 0 Å². The Balaban J connectivity index is 2.33. The molecule has 3 aromatic carbocycles. The fourth-order valence-electron chi connectivity index (χ4n) is 6.09. The Morgan fingerprint density at radius 3 is 1.38 bits per heavy atom. The van der Waals surface area contributed by atoms with Gasteiger partial charge in [0.25, 0.3) is 0 Å². The van der Waals surface area contributed by atoms with Gasteiger partial charge in [-0.25, -0.2) is 0 Å². The highest BCUT2D eigenvalue weighted by molar-refractivity contribution is 5.54. The lowest BCUT2D eigenvalue weighted by Crippen LogP contribution is -2.20. The highest BCUT2D eigenvalue weighted by atomic mass is 16.3. The topological polar surface area (TPSA) is 60.7 Å². The lowest BCUT2D eigenvalue weighted by atomic mass is 9.72. The highest BCUT2D eigenvalue weighted by Crippen LogP contribution is 2.46. The first-order valence-electron chi connectivity index (χ1n) is 14.6. The second-order valence-electron chi connectivity index (χ2n) is 15.1. The van der Waals surface area contributed by atoms with Gasteiger partial charge in [0.15, 0.2) is 0 Å². The van der Waals surface area contributed by atoms with Crippen LogP contribution in [0, 0.1) is 20.8 Å². The first-order valence-corrected chi connectivity index (χ1v) is 14.6. The van der Waals surface area contributed by atoms with Crippen molar-refractivity contribution in [3.8, 4) is 17.2 Å². The lowest BCUT2D eigenvalue weighted by molar-refractivity contribution is 0.444. The van der Waals surface area contributed by atoms with Crippen LogP contribution in [0.2, 0.25) is 0 Å². The van der Waals surface area contributed by atoms with Gasteiger partial charge in [0.05, 0.1) is 0 Å². The zero-order valence-electron chi connectivity index (χ0n) is 27.2. The van der Waals surface area contributed by atoms with Crippen molar-refractivity contribution in [1.29, 1.82) is 0 Å². The predicted molar refractivity (Wildman–Crippen MR) is 170 cm³/mol. The Labute approximate surface area is 243 Å². The van der Waals surface area contributed by atoms with Crippen LogP contribution >= 0.6 is 0 Å². The lowest BCUT2D eigenvalue weighted by Gasteiger charge is -2.33. The normalized spacial score (nSPS) is 14.3. The third kappa shape index (κ3) is 6.51. The predicted octanol–water partition coefficient (Wildman–Crippen LogP) is 9.95. The van der Waals surface area contributed by atoms with Gasteiger partial charge in [-0.1, -0.05) is 87.4 Å². The van der Waals surface area contributed by atoms with Crippen LogP contribution < -0.4 is 0 Å². The summed E-state index contributed by atoms with van der Waals surface area (Å²) in [5.74, 6) is 1.24. The van der Waals surface area contributed by atoms with Crippen LogP contribution in [0.5, 0.6) is 17.2 Å². The molecule has 0 aliphatic carbocycles. The summed E-state index contributed by atoms with van der Waals surface area (Å²) >= 11 is 0. The summed E-state index contributed by atoms with van der Waals surface area (Å²) in [6.07, 6.45) is 0.845. The zero-order valence-corrected chi connectivity index (χ0v) is 27.2. The van der Waals surface area contributed by atoms with Crippen molar-refractivity contribution >= 4 is 0 Å². The van der Waals surface area contributed by atoms with Gasteiger partial charge in [-0.2, -0.15) is 0 Å². The minimum Gasteiger partial charge on any atom is -0.508 e. The third-order valence-electron chi connectivity index (χ3n) is 8.43. The van der Waals surface area contributed by atoms with Gasteiger partial charge in [-0.3, -0.25) is 0 Å². The minimum atomic E-state index is -0.213. The van der Waals surface area contributed by atoms with E-state index in [0.29, 0.717) is 17.2 Å². The van der Waals surface area contributed by atoms with E-state index in [1.54, 1.807) is 0 Å². The van der Waals surface area contributed by atoms with E-state index in [0.717, 1.165) is 39.8 Å². The molecule has 2 unspecified atom stereocenters. The zero-order chi connectivity index (χ0) is 30.5. The molecule has 0 saturated heterocycles. The SMILES string of the molecule is Cc1cc(C(CC(C)c2cc(C(C)(C)C)c(O)cc2C)c2cc(C(C)(C)C)c(O)cc2C)c(C(C)(C)C)cc1O. The number of benzene rings is 3. The molecule has 0 saturated carbocycles. The van der Waals surface area contributed by atoms with E-state index in [9.17, 15) is 15.3 Å². The standard InChI is InChI=1S/C37H52O3/c1-21(25-18-30(36(8,9)10)33(39)16-22(25)2)14-27(26-19-31(37(11,12)13)34(40)17-23(26)3)28-15-24(4)32(38)20-29(28)35(5,6)7/h15-21,27,38-40H,14H2,1-13H3. The Kier molecular flexibility index (Phi) is 8.53. The van der Waals surface area contributed by atoms with Crippen molar-refractivity contribution in [1.82, 2.24) is 0 Å². The maximum Gasteiger partial charge on any atom is 0.119 e. The van der Waals surface area contributed by atoms with Crippen LogP contribution in [0.15, 0.2) is 36.4 Å². The third-order valence-corrected chi connectivity index (χ3v) is 8.43. The molecular formula is C37H52O3. The molecule has 0 aliphatic heterocycles. The van der Waals surface area contributed by atoms with E-state index < -0.39 is 0 Å². The van der Waals surface area contributed by atoms with Gasteiger partial charge in [-0.15, -0.1) is 0 Å². The van der Waals surface area contributed by atoms with Crippen LogP contribution in [0.25, 0.3) is 0 Å². The molecule has 0 aliphatic rings. The molecule has 0 fully saturated rings. The van der Waals surface area contributed by atoms with E-state index in [1.165, 1.54) is 16.7 Å². The number of aryl methyl sites for hydroxylation is 3. The van der Waals surface area contributed by atoms with Gasteiger partial charge >= 0.3 is 0 Å². The van der Waals surface area contributed by atoms with Gasteiger partial charge in [0, 0.05) is 5.92 Å². The molecule has 0 spiro atoms. The van der Waals surface area contributed by atoms with Gasteiger partial charge in [-0.05, 0) is 118 Å². The second kappa shape index (κ2) is 10.8. The number of phenolic OH excluding ortho intramolecular Hbond substituents is 3. The number of aromatic hydroxyl groups is 3.